The summed E-state index contributed by atoms with van der Waals surface area (Å²) >= 11 is 2.21. The normalized spacial score (nSPS) is 54.7. The van der Waals surface area contributed by atoms with Crippen LogP contribution in [0.15, 0.2) is 0 Å². The van der Waals surface area contributed by atoms with Crippen molar-refractivity contribution in [2.24, 2.45) is 5.92 Å². The van der Waals surface area contributed by atoms with Gasteiger partial charge in [-0.05, 0) is 19.4 Å². The molecule has 0 radical (unpaired) electrons. The van der Waals surface area contributed by atoms with E-state index in [1.54, 1.807) is 0 Å². The average Bonchev–Trinajstić information content (AvgIpc) is 2.66. The van der Waals surface area contributed by atoms with Gasteiger partial charge in [-0.15, -0.1) is 11.8 Å². The second kappa shape index (κ2) is 2.88. The van der Waals surface area contributed by atoms with Crippen LogP contribution in [0.3, 0.4) is 0 Å². The van der Waals surface area contributed by atoms with Gasteiger partial charge in [0.25, 0.3) is 0 Å². The Morgan fingerprint density at radius 1 is 1.46 bits per heavy atom. The molecule has 3 aliphatic heterocycles. The van der Waals surface area contributed by atoms with Gasteiger partial charge in [0.1, 0.15) is 0 Å². The lowest BCUT2D eigenvalue weighted by Crippen LogP contribution is -2.50. The van der Waals surface area contributed by atoms with Crippen molar-refractivity contribution in [1.82, 2.24) is 10.2 Å². The van der Waals surface area contributed by atoms with E-state index in [9.17, 15) is 0 Å². The molecule has 0 aromatic heterocycles. The fourth-order valence-electron chi connectivity index (χ4n) is 3.09. The Bertz CT molecular complexity index is 221. The molecule has 0 saturated carbocycles. The molecule has 3 fully saturated rings. The van der Waals surface area contributed by atoms with Crippen LogP contribution in [0.25, 0.3) is 0 Å². The molecule has 13 heavy (non-hydrogen) atoms. The number of nitrogens with zero attached hydrogens (tertiary/aromatic N) is 1. The van der Waals surface area contributed by atoms with Crippen LogP contribution in [-0.4, -0.2) is 41.2 Å². The number of rotatable bonds is 0. The number of hydrogen-bond donors (Lipinski definition) is 1. The molecule has 2 bridgehead atoms. The van der Waals surface area contributed by atoms with E-state index in [1.807, 2.05) is 0 Å². The second-order valence-corrected chi connectivity index (χ2v) is 6.50. The Balaban J connectivity index is 1.82. The van der Waals surface area contributed by atoms with E-state index in [4.69, 9.17) is 0 Å². The minimum Gasteiger partial charge on any atom is -0.303 e. The first kappa shape index (κ1) is 8.57. The van der Waals surface area contributed by atoms with Crippen molar-refractivity contribution in [2.45, 2.75) is 29.9 Å². The van der Waals surface area contributed by atoms with Gasteiger partial charge in [0.15, 0.2) is 0 Å². The van der Waals surface area contributed by atoms with E-state index in [0.717, 1.165) is 11.2 Å². The SMILES string of the molecule is CC1CNC2(CCN3CCC2C3)S1. The maximum Gasteiger partial charge on any atom is 0.0702 e. The molecule has 0 aromatic carbocycles. The molecule has 3 rings (SSSR count). The Morgan fingerprint density at radius 2 is 2.38 bits per heavy atom. The van der Waals surface area contributed by atoms with E-state index < -0.39 is 0 Å². The zero-order chi connectivity index (χ0) is 8.89. The summed E-state index contributed by atoms with van der Waals surface area (Å²) in [5.41, 5.74) is 0. The maximum absolute atomic E-state index is 3.79. The minimum atomic E-state index is 0.479. The maximum atomic E-state index is 3.79. The number of piperidine rings is 1. The highest BCUT2D eigenvalue weighted by Gasteiger charge is 2.49. The van der Waals surface area contributed by atoms with Crippen LogP contribution in [0.5, 0.6) is 0 Å². The van der Waals surface area contributed by atoms with Gasteiger partial charge in [-0.2, -0.15) is 0 Å². The van der Waals surface area contributed by atoms with E-state index in [1.165, 1.54) is 39.0 Å². The van der Waals surface area contributed by atoms with Crippen LogP contribution in [-0.2, 0) is 0 Å². The first-order valence-corrected chi connectivity index (χ1v) is 6.32. The van der Waals surface area contributed by atoms with Gasteiger partial charge in [-0.1, -0.05) is 6.92 Å². The van der Waals surface area contributed by atoms with E-state index in [-0.39, 0.29) is 0 Å². The third-order valence-electron chi connectivity index (χ3n) is 3.83. The molecule has 0 amide bonds. The van der Waals surface area contributed by atoms with Crippen molar-refractivity contribution in [3.8, 4) is 0 Å². The number of hydrogen-bond acceptors (Lipinski definition) is 3. The zero-order valence-corrected chi connectivity index (χ0v) is 9.07. The molecule has 3 heterocycles. The lowest BCUT2D eigenvalue weighted by atomic mass is 9.93. The highest BCUT2D eigenvalue weighted by molar-refractivity contribution is 8.01. The van der Waals surface area contributed by atoms with E-state index in [2.05, 4.69) is 28.9 Å². The van der Waals surface area contributed by atoms with Crippen LogP contribution in [0.2, 0.25) is 0 Å². The molecular formula is C10H18N2S. The Morgan fingerprint density at radius 3 is 3.15 bits per heavy atom. The predicted molar refractivity (Wildman–Crippen MR) is 57.0 cm³/mol. The van der Waals surface area contributed by atoms with Gasteiger partial charge in [0.2, 0.25) is 0 Å². The van der Waals surface area contributed by atoms with Crippen LogP contribution < -0.4 is 5.32 Å². The van der Waals surface area contributed by atoms with Gasteiger partial charge < -0.3 is 10.2 Å². The van der Waals surface area contributed by atoms with Gasteiger partial charge in [0.05, 0.1) is 4.87 Å². The summed E-state index contributed by atoms with van der Waals surface area (Å²) in [4.78, 5) is 3.10. The summed E-state index contributed by atoms with van der Waals surface area (Å²) < 4.78 is 0. The quantitative estimate of drug-likeness (QED) is 0.628. The third-order valence-corrected chi connectivity index (χ3v) is 5.50. The number of nitrogens with one attached hydrogen (secondary N) is 1. The highest BCUT2D eigenvalue weighted by atomic mass is 32.2. The Hall–Kier alpha value is 0.270. The Labute approximate surface area is 84.4 Å². The van der Waals surface area contributed by atoms with Crippen molar-refractivity contribution < 1.29 is 0 Å². The molecular weight excluding hydrogens is 180 g/mol. The fraction of sp³-hybridized carbons (Fsp3) is 1.00. The van der Waals surface area contributed by atoms with Gasteiger partial charge in [0, 0.05) is 30.8 Å². The summed E-state index contributed by atoms with van der Waals surface area (Å²) in [7, 11) is 0. The molecule has 2 nitrogen and oxygen atoms in total. The molecule has 3 heteroatoms. The third kappa shape index (κ3) is 1.24. The van der Waals surface area contributed by atoms with Crippen LogP contribution >= 0.6 is 11.8 Å². The summed E-state index contributed by atoms with van der Waals surface area (Å²) in [6.07, 6.45) is 2.79. The first-order chi connectivity index (χ1) is 6.28. The largest absolute Gasteiger partial charge is 0.303 e. The van der Waals surface area contributed by atoms with Crippen molar-refractivity contribution in [3.63, 3.8) is 0 Å². The van der Waals surface area contributed by atoms with Crippen LogP contribution in [0.4, 0.5) is 0 Å². The molecule has 4 unspecified atom stereocenters. The molecule has 4 atom stereocenters. The number of fused-ring (bicyclic) bond motifs is 3. The standard InChI is InChI=1S/C10H18N2S/c1-8-6-11-10(13-8)3-5-12-4-2-9(10)7-12/h8-9,11H,2-7H2,1H3. The fourth-order valence-corrected chi connectivity index (χ4v) is 4.74. The predicted octanol–water partition coefficient (Wildman–Crippen LogP) is 1.13. The van der Waals surface area contributed by atoms with Crippen molar-refractivity contribution in [1.29, 1.82) is 0 Å². The molecule has 0 aromatic rings. The highest BCUT2D eigenvalue weighted by Crippen LogP contribution is 2.47. The van der Waals surface area contributed by atoms with Crippen LogP contribution in [0, 0.1) is 5.92 Å². The lowest BCUT2D eigenvalue weighted by molar-refractivity contribution is 0.207. The van der Waals surface area contributed by atoms with E-state index >= 15 is 0 Å². The summed E-state index contributed by atoms with van der Waals surface area (Å²) in [5, 5.41) is 4.61. The molecule has 1 N–H and O–H groups in total. The minimum absolute atomic E-state index is 0.479. The topological polar surface area (TPSA) is 15.3 Å². The average molecular weight is 198 g/mol. The molecule has 1 spiro atoms. The monoisotopic (exact) mass is 198 g/mol. The first-order valence-electron chi connectivity index (χ1n) is 5.44. The lowest BCUT2D eigenvalue weighted by Gasteiger charge is -2.39. The van der Waals surface area contributed by atoms with Gasteiger partial charge in [-0.3, -0.25) is 0 Å². The zero-order valence-electron chi connectivity index (χ0n) is 8.25. The van der Waals surface area contributed by atoms with Gasteiger partial charge in [-0.25, -0.2) is 0 Å². The molecule has 0 aliphatic carbocycles. The molecule has 3 saturated heterocycles. The van der Waals surface area contributed by atoms with Crippen LogP contribution in [0.1, 0.15) is 19.8 Å². The molecule has 3 aliphatic rings. The molecule has 74 valence electrons. The van der Waals surface area contributed by atoms with E-state index in [0.29, 0.717) is 4.87 Å². The smallest absolute Gasteiger partial charge is 0.0702 e. The summed E-state index contributed by atoms with van der Waals surface area (Å²) in [5.74, 6) is 0.927. The second-order valence-electron chi connectivity index (χ2n) is 4.74. The summed E-state index contributed by atoms with van der Waals surface area (Å²) in [6.45, 7) is 7.61. The van der Waals surface area contributed by atoms with Gasteiger partial charge >= 0.3 is 0 Å². The van der Waals surface area contributed by atoms with Crippen molar-refractivity contribution in [3.05, 3.63) is 0 Å². The number of thioether (sulfide) groups is 1. The van der Waals surface area contributed by atoms with Crippen molar-refractivity contribution in [2.75, 3.05) is 26.2 Å². The van der Waals surface area contributed by atoms with Crippen molar-refractivity contribution >= 4 is 11.8 Å². The Kier molecular flexibility index (Phi) is 1.90. The summed E-state index contributed by atoms with van der Waals surface area (Å²) in [6, 6.07) is 0.